The molecule has 0 saturated heterocycles. The van der Waals surface area contributed by atoms with E-state index in [1.54, 1.807) is 23.1 Å². The number of aromatic nitrogens is 2. The second kappa shape index (κ2) is 8.01. The number of sulfone groups is 1. The van der Waals surface area contributed by atoms with E-state index in [2.05, 4.69) is 15.3 Å². The molecular formula is C20H15F5N4O2S. The van der Waals surface area contributed by atoms with E-state index in [1.807, 2.05) is 0 Å². The van der Waals surface area contributed by atoms with Gasteiger partial charge in [0.25, 0.3) is 0 Å². The summed E-state index contributed by atoms with van der Waals surface area (Å²) in [4.78, 5) is 8.17. The highest BCUT2D eigenvalue weighted by atomic mass is 32.2. The number of rotatable bonds is 4. The van der Waals surface area contributed by atoms with E-state index in [-0.39, 0.29) is 18.8 Å². The van der Waals surface area contributed by atoms with Crippen LogP contribution in [-0.4, -0.2) is 31.2 Å². The molecule has 0 bridgehead atoms. The molecule has 1 aromatic heterocycles. The lowest BCUT2D eigenvalue weighted by Crippen LogP contribution is -2.32. The van der Waals surface area contributed by atoms with E-state index in [9.17, 15) is 30.4 Å². The Bertz CT molecular complexity index is 1330. The maximum absolute atomic E-state index is 14.7. The molecule has 0 unspecified atom stereocenters. The van der Waals surface area contributed by atoms with Crippen LogP contribution in [0.4, 0.5) is 39.1 Å². The van der Waals surface area contributed by atoms with Crippen LogP contribution in [-0.2, 0) is 22.8 Å². The molecule has 0 fully saturated rings. The molecule has 2 heterocycles. The first-order valence-electron chi connectivity index (χ1n) is 9.24. The summed E-state index contributed by atoms with van der Waals surface area (Å²) in [6.07, 6.45) is 1.79. The summed E-state index contributed by atoms with van der Waals surface area (Å²) in [5.74, 6) is -8.54. The number of fused-ring (bicyclic) bond motifs is 1. The Morgan fingerprint density at radius 2 is 1.69 bits per heavy atom. The number of hydrogen-bond acceptors (Lipinski definition) is 6. The van der Waals surface area contributed by atoms with Gasteiger partial charge in [0.05, 0.1) is 17.9 Å². The van der Waals surface area contributed by atoms with Crippen LogP contribution in [0.1, 0.15) is 11.3 Å². The van der Waals surface area contributed by atoms with E-state index in [1.165, 1.54) is 6.07 Å². The summed E-state index contributed by atoms with van der Waals surface area (Å²) in [5, 5.41) is 2.25. The lowest BCUT2D eigenvalue weighted by Gasteiger charge is -2.31. The number of nitrogens with one attached hydrogen (secondary N) is 1. The van der Waals surface area contributed by atoms with E-state index in [0.717, 1.165) is 6.33 Å². The molecule has 12 heteroatoms. The minimum atomic E-state index is -4.55. The first-order chi connectivity index (χ1) is 15.1. The van der Waals surface area contributed by atoms with Gasteiger partial charge in [0.1, 0.15) is 28.5 Å². The molecule has 32 heavy (non-hydrogen) atoms. The van der Waals surface area contributed by atoms with Gasteiger partial charge in [-0.3, -0.25) is 0 Å². The van der Waals surface area contributed by atoms with Crippen molar-refractivity contribution >= 4 is 27.0 Å². The van der Waals surface area contributed by atoms with Crippen molar-refractivity contribution in [2.45, 2.75) is 17.9 Å². The maximum atomic E-state index is 14.7. The summed E-state index contributed by atoms with van der Waals surface area (Å²) in [5.41, 5.74) is -0.00298. The first kappa shape index (κ1) is 21.9. The molecule has 3 aromatic rings. The molecular weight excluding hydrogens is 455 g/mol. The fraction of sp³-hybridized carbons (Fsp3) is 0.200. The van der Waals surface area contributed by atoms with Crippen LogP contribution in [0.25, 0.3) is 0 Å². The Balaban J connectivity index is 1.74. The highest BCUT2D eigenvalue weighted by Crippen LogP contribution is 2.35. The average Bonchev–Trinajstić information content (AvgIpc) is 2.74. The maximum Gasteiger partial charge on any atom is 0.198 e. The Labute approximate surface area is 179 Å². The van der Waals surface area contributed by atoms with E-state index in [4.69, 9.17) is 0 Å². The molecule has 0 atom stereocenters. The van der Waals surface area contributed by atoms with Gasteiger partial charge < -0.3 is 10.2 Å². The van der Waals surface area contributed by atoms with Crippen molar-refractivity contribution in [3.63, 3.8) is 0 Å². The highest BCUT2D eigenvalue weighted by Gasteiger charge is 2.32. The Hall–Kier alpha value is -3.28. The predicted molar refractivity (Wildman–Crippen MR) is 106 cm³/mol. The fourth-order valence-electron chi connectivity index (χ4n) is 3.54. The third-order valence-electron chi connectivity index (χ3n) is 5.04. The van der Waals surface area contributed by atoms with Crippen LogP contribution in [0.5, 0.6) is 0 Å². The van der Waals surface area contributed by atoms with Crippen LogP contribution in [0.2, 0.25) is 0 Å². The molecule has 0 radical (unpaired) electrons. The number of para-hydroxylation sites is 1. The van der Waals surface area contributed by atoms with E-state index in [0.29, 0.717) is 29.7 Å². The largest absolute Gasteiger partial charge is 0.363 e. The minimum absolute atomic E-state index is 0.105. The number of halogens is 5. The van der Waals surface area contributed by atoms with Crippen molar-refractivity contribution in [3.05, 3.63) is 70.9 Å². The molecule has 1 aliphatic rings. The van der Waals surface area contributed by atoms with E-state index >= 15 is 0 Å². The molecule has 1 aliphatic heterocycles. The highest BCUT2D eigenvalue weighted by molar-refractivity contribution is 7.90. The van der Waals surface area contributed by atoms with Gasteiger partial charge in [0.15, 0.2) is 33.1 Å². The van der Waals surface area contributed by atoms with Gasteiger partial charge >= 0.3 is 0 Å². The third kappa shape index (κ3) is 3.74. The van der Waals surface area contributed by atoms with Crippen LogP contribution < -0.4 is 10.2 Å². The summed E-state index contributed by atoms with van der Waals surface area (Å²) in [6.45, 7) is 0.470. The third-order valence-corrected chi connectivity index (χ3v) is 6.14. The van der Waals surface area contributed by atoms with Gasteiger partial charge in [0, 0.05) is 18.4 Å². The molecule has 0 aliphatic carbocycles. The first-order valence-corrected chi connectivity index (χ1v) is 11.1. The van der Waals surface area contributed by atoms with Crippen LogP contribution in [0.3, 0.4) is 0 Å². The van der Waals surface area contributed by atoms with Crippen molar-refractivity contribution in [1.82, 2.24) is 9.97 Å². The number of hydrogen-bond donors (Lipinski definition) is 1. The Morgan fingerprint density at radius 3 is 2.38 bits per heavy atom. The number of nitrogens with zero attached hydrogens (tertiary/aromatic N) is 3. The monoisotopic (exact) mass is 470 g/mol. The summed E-state index contributed by atoms with van der Waals surface area (Å²) < 4.78 is 94.5. The van der Waals surface area contributed by atoms with Crippen LogP contribution >= 0.6 is 0 Å². The van der Waals surface area contributed by atoms with Crippen molar-refractivity contribution in [1.29, 1.82) is 0 Å². The lowest BCUT2D eigenvalue weighted by atomic mass is 10.0. The molecule has 0 saturated carbocycles. The molecule has 2 aromatic carbocycles. The van der Waals surface area contributed by atoms with Crippen LogP contribution in [0, 0.1) is 29.1 Å². The van der Waals surface area contributed by atoms with Crippen molar-refractivity contribution in [3.8, 4) is 0 Å². The van der Waals surface area contributed by atoms with Gasteiger partial charge in [0.2, 0.25) is 0 Å². The quantitative estimate of drug-likeness (QED) is 0.270. The molecule has 4 rings (SSSR count). The second-order valence-corrected chi connectivity index (χ2v) is 9.08. The fourth-order valence-corrected chi connectivity index (χ4v) is 4.38. The SMILES string of the molecule is CS(=O)(=O)c1c(F)c(F)c(F)c(Nc2ncnc3c2CCN(c2ccccc2F)C3)c1F. The lowest BCUT2D eigenvalue weighted by molar-refractivity contribution is 0.415. The molecule has 168 valence electrons. The van der Waals surface area contributed by atoms with Crippen LogP contribution in [0.15, 0.2) is 35.5 Å². The smallest absolute Gasteiger partial charge is 0.198 e. The topological polar surface area (TPSA) is 75.2 Å². The van der Waals surface area contributed by atoms with Crippen molar-refractivity contribution in [2.75, 3.05) is 23.0 Å². The Kier molecular flexibility index (Phi) is 5.49. The van der Waals surface area contributed by atoms with Gasteiger partial charge in [-0.25, -0.2) is 40.3 Å². The van der Waals surface area contributed by atoms with Gasteiger partial charge in [-0.2, -0.15) is 0 Å². The standard InChI is InChI=1S/C20H15F5N4O2S/c1-32(30,31)19-16(24)14(22)15(23)18(17(19)25)28-20-10-6-7-29(8-12(10)26-9-27-20)13-5-3-2-4-11(13)21/h2-5,9H,6-8H2,1H3,(H,26,27,28). The zero-order valence-corrected chi connectivity index (χ0v) is 17.3. The second-order valence-electron chi connectivity index (χ2n) is 7.13. The van der Waals surface area contributed by atoms with E-state index < -0.39 is 49.5 Å². The van der Waals surface area contributed by atoms with Gasteiger partial charge in [-0.15, -0.1) is 0 Å². The summed E-state index contributed by atoms with van der Waals surface area (Å²) in [7, 11) is -4.55. The zero-order chi connectivity index (χ0) is 23.2. The average molecular weight is 470 g/mol. The van der Waals surface area contributed by atoms with Crippen molar-refractivity contribution in [2.24, 2.45) is 0 Å². The predicted octanol–water partition coefficient (Wildman–Crippen LogP) is 3.88. The summed E-state index contributed by atoms with van der Waals surface area (Å²) in [6, 6.07) is 6.14. The van der Waals surface area contributed by atoms with Gasteiger partial charge in [-0.1, -0.05) is 12.1 Å². The Morgan fingerprint density at radius 1 is 0.969 bits per heavy atom. The minimum Gasteiger partial charge on any atom is -0.363 e. The van der Waals surface area contributed by atoms with Gasteiger partial charge in [-0.05, 0) is 18.6 Å². The summed E-state index contributed by atoms with van der Waals surface area (Å²) >= 11 is 0. The molecule has 1 N–H and O–H groups in total. The number of anilines is 3. The normalized spacial score (nSPS) is 13.8. The zero-order valence-electron chi connectivity index (χ0n) is 16.5. The molecule has 0 spiro atoms. The number of benzene rings is 2. The molecule has 6 nitrogen and oxygen atoms in total. The molecule has 0 amide bonds. The van der Waals surface area contributed by atoms with Crippen molar-refractivity contribution < 1.29 is 30.4 Å².